The quantitative estimate of drug-likeness (QED) is 0.330. The molecule has 0 radical (unpaired) electrons. The number of benzene rings is 3. The van der Waals surface area contributed by atoms with E-state index in [2.05, 4.69) is 4.98 Å². The predicted molar refractivity (Wildman–Crippen MR) is 135 cm³/mol. The average Bonchev–Trinajstić information content (AvgIpc) is 2.87. The van der Waals surface area contributed by atoms with Gasteiger partial charge in [0, 0.05) is 22.7 Å². The number of hydrogen-bond acceptors (Lipinski definition) is 4. The lowest BCUT2D eigenvalue weighted by Gasteiger charge is -2.33. The lowest BCUT2D eigenvalue weighted by atomic mass is 9.90. The Morgan fingerprint density at radius 2 is 1.56 bits per heavy atom. The van der Waals surface area contributed by atoms with E-state index in [1.165, 1.54) is 4.31 Å². The van der Waals surface area contributed by atoms with E-state index >= 15 is 0 Å². The number of aromatic nitrogens is 2. The summed E-state index contributed by atoms with van der Waals surface area (Å²) in [6.45, 7) is 2.13. The molecule has 0 amide bonds. The number of pyridine rings is 2. The molecule has 0 atom stereocenters. The molecule has 2 aromatic heterocycles. The lowest BCUT2D eigenvalue weighted by Crippen LogP contribution is -2.33. The number of aryl methyl sites for hydroxylation is 1. The molecule has 6 heteroatoms. The number of hydrogen-bond donors (Lipinski definition) is 0. The van der Waals surface area contributed by atoms with E-state index in [4.69, 9.17) is 4.98 Å². The molecule has 0 bridgehead atoms. The smallest absolute Gasteiger partial charge is 0.261 e. The summed E-state index contributed by atoms with van der Waals surface area (Å²) in [5.74, 6) is 0. The third kappa shape index (κ3) is 3.18. The summed E-state index contributed by atoms with van der Waals surface area (Å²) in [6.07, 6.45) is 1.74. The van der Waals surface area contributed by atoms with Gasteiger partial charge in [0.1, 0.15) is 0 Å². The van der Waals surface area contributed by atoms with Crippen LogP contribution in [0.1, 0.15) is 11.1 Å². The van der Waals surface area contributed by atoms with E-state index in [1.54, 1.807) is 18.3 Å². The van der Waals surface area contributed by atoms with Crippen molar-refractivity contribution in [3.8, 4) is 22.4 Å². The molecule has 0 fully saturated rings. The molecular weight excluding hydrogens is 442 g/mol. The maximum Gasteiger partial charge on any atom is 0.264 e. The van der Waals surface area contributed by atoms with Crippen LogP contribution in [0.4, 0.5) is 5.69 Å². The Kier molecular flexibility index (Phi) is 4.71. The fourth-order valence-corrected chi connectivity index (χ4v) is 6.07. The van der Waals surface area contributed by atoms with Crippen molar-refractivity contribution in [2.75, 3.05) is 4.31 Å². The van der Waals surface area contributed by atoms with Crippen LogP contribution in [0.25, 0.3) is 33.4 Å². The molecule has 0 N–H and O–H groups in total. The van der Waals surface area contributed by atoms with Gasteiger partial charge in [0.25, 0.3) is 10.0 Å². The Morgan fingerprint density at radius 1 is 0.824 bits per heavy atom. The minimum atomic E-state index is -3.80. The van der Waals surface area contributed by atoms with Crippen LogP contribution in [0.3, 0.4) is 0 Å². The van der Waals surface area contributed by atoms with Crippen LogP contribution in [0.5, 0.6) is 0 Å². The fraction of sp³-hybridized carbons (Fsp3) is 0.0714. The van der Waals surface area contributed by atoms with Crippen LogP contribution in [0.15, 0.2) is 102 Å². The topological polar surface area (TPSA) is 63.2 Å². The molecule has 0 spiro atoms. The van der Waals surface area contributed by atoms with E-state index in [-0.39, 0.29) is 11.4 Å². The van der Waals surface area contributed by atoms with Crippen molar-refractivity contribution in [2.24, 2.45) is 0 Å². The van der Waals surface area contributed by atoms with Gasteiger partial charge in [-0.2, -0.15) is 0 Å². The van der Waals surface area contributed by atoms with E-state index in [0.717, 1.165) is 38.9 Å². The van der Waals surface area contributed by atoms with Crippen molar-refractivity contribution in [2.45, 2.75) is 18.4 Å². The minimum Gasteiger partial charge on any atom is -0.261 e. The van der Waals surface area contributed by atoms with Gasteiger partial charge < -0.3 is 0 Å². The Bertz CT molecular complexity index is 1650. The summed E-state index contributed by atoms with van der Waals surface area (Å²) in [5.41, 5.74) is 6.68. The molecule has 5 nitrogen and oxygen atoms in total. The number of para-hydroxylation sites is 1. The van der Waals surface area contributed by atoms with Gasteiger partial charge in [0.05, 0.1) is 22.8 Å². The van der Waals surface area contributed by atoms with Gasteiger partial charge in [0.2, 0.25) is 0 Å². The maximum absolute atomic E-state index is 13.9. The zero-order chi connectivity index (χ0) is 23.3. The second-order valence-electron chi connectivity index (χ2n) is 8.40. The van der Waals surface area contributed by atoms with Gasteiger partial charge in [-0.25, -0.2) is 18.4 Å². The fourth-order valence-electron chi connectivity index (χ4n) is 4.62. The monoisotopic (exact) mass is 463 g/mol. The third-order valence-corrected chi connectivity index (χ3v) is 8.04. The summed E-state index contributed by atoms with van der Waals surface area (Å²) in [7, 11) is -3.80. The van der Waals surface area contributed by atoms with E-state index < -0.39 is 10.0 Å². The molecule has 6 rings (SSSR count). The number of rotatable bonds is 3. The highest BCUT2D eigenvalue weighted by atomic mass is 32.2. The highest BCUT2D eigenvalue weighted by molar-refractivity contribution is 7.92. The molecule has 0 saturated heterocycles. The van der Waals surface area contributed by atoms with E-state index in [1.807, 2.05) is 85.8 Å². The molecule has 5 aromatic rings. The second-order valence-corrected chi connectivity index (χ2v) is 10.3. The van der Waals surface area contributed by atoms with Gasteiger partial charge in [-0.3, -0.25) is 4.31 Å². The summed E-state index contributed by atoms with van der Waals surface area (Å²) in [6, 6.07) is 28.5. The summed E-state index contributed by atoms with van der Waals surface area (Å²) >= 11 is 0. The molecule has 1 aliphatic rings. The number of sulfonamides is 1. The van der Waals surface area contributed by atoms with Gasteiger partial charge in [-0.15, -0.1) is 0 Å². The molecule has 0 aliphatic carbocycles. The normalized spacial score (nSPS) is 12.9. The first kappa shape index (κ1) is 20.6. The van der Waals surface area contributed by atoms with Gasteiger partial charge in [0.15, 0.2) is 5.65 Å². The van der Waals surface area contributed by atoms with Crippen LogP contribution in [-0.4, -0.2) is 18.4 Å². The Balaban J connectivity index is 1.66. The number of anilines is 1. The predicted octanol–water partition coefficient (Wildman–Crippen LogP) is 5.98. The van der Waals surface area contributed by atoms with E-state index in [0.29, 0.717) is 11.3 Å². The molecule has 34 heavy (non-hydrogen) atoms. The standard InChI is InChI=1S/C28H21N3O2S/c1-19-13-15-21(16-14-19)34(32,33)31-18-24-26(20-8-3-2-4-9-20)23-11-7-17-29-28(23)30-27(24)22-10-5-6-12-25(22)31/h2-17H,18H2,1H3. The van der Waals surface area contributed by atoms with Crippen molar-refractivity contribution in [1.82, 2.24) is 9.97 Å². The van der Waals surface area contributed by atoms with Crippen LogP contribution in [0, 0.1) is 6.92 Å². The Hall–Kier alpha value is -4.03. The molecule has 3 aromatic carbocycles. The largest absolute Gasteiger partial charge is 0.264 e. The lowest BCUT2D eigenvalue weighted by molar-refractivity contribution is 0.590. The first-order valence-corrected chi connectivity index (χ1v) is 12.5. The molecular formula is C28H21N3O2S. The molecule has 0 unspecified atom stereocenters. The molecule has 166 valence electrons. The van der Waals surface area contributed by atoms with Gasteiger partial charge in [-0.1, -0.05) is 66.2 Å². The van der Waals surface area contributed by atoms with Crippen molar-refractivity contribution in [1.29, 1.82) is 0 Å². The summed E-state index contributed by atoms with van der Waals surface area (Å²) in [4.78, 5) is 9.71. The van der Waals surface area contributed by atoms with Crippen molar-refractivity contribution in [3.05, 3.63) is 108 Å². The van der Waals surface area contributed by atoms with Gasteiger partial charge in [-0.05, 0) is 48.4 Å². The average molecular weight is 464 g/mol. The van der Waals surface area contributed by atoms with Crippen molar-refractivity contribution < 1.29 is 8.42 Å². The number of fused-ring (bicyclic) bond motifs is 4. The first-order chi connectivity index (χ1) is 16.5. The van der Waals surface area contributed by atoms with Crippen LogP contribution >= 0.6 is 0 Å². The summed E-state index contributed by atoms with van der Waals surface area (Å²) in [5, 5.41) is 0.902. The second kappa shape index (κ2) is 7.78. The highest BCUT2D eigenvalue weighted by Crippen LogP contribution is 2.45. The Morgan fingerprint density at radius 3 is 2.35 bits per heavy atom. The summed E-state index contributed by atoms with van der Waals surface area (Å²) < 4.78 is 29.3. The first-order valence-electron chi connectivity index (χ1n) is 11.1. The van der Waals surface area contributed by atoms with Crippen LogP contribution < -0.4 is 4.31 Å². The van der Waals surface area contributed by atoms with Crippen molar-refractivity contribution in [3.63, 3.8) is 0 Å². The number of nitrogens with zero attached hydrogens (tertiary/aromatic N) is 3. The van der Waals surface area contributed by atoms with Gasteiger partial charge >= 0.3 is 0 Å². The zero-order valence-corrected chi connectivity index (χ0v) is 19.3. The Labute approximate surface area is 198 Å². The van der Waals surface area contributed by atoms with E-state index in [9.17, 15) is 8.42 Å². The van der Waals surface area contributed by atoms with Crippen molar-refractivity contribution >= 4 is 26.7 Å². The highest BCUT2D eigenvalue weighted by Gasteiger charge is 2.34. The van der Waals surface area contributed by atoms with Crippen LogP contribution in [-0.2, 0) is 16.6 Å². The molecule has 0 saturated carbocycles. The maximum atomic E-state index is 13.9. The minimum absolute atomic E-state index is 0.185. The van der Waals surface area contributed by atoms with Crippen LogP contribution in [0.2, 0.25) is 0 Å². The molecule has 1 aliphatic heterocycles. The molecule has 3 heterocycles. The zero-order valence-electron chi connectivity index (χ0n) is 18.5. The SMILES string of the molecule is Cc1ccc(S(=O)(=O)N2Cc3c(nc4ncccc4c3-c3ccccc3)-c3ccccc32)cc1. The third-order valence-electron chi connectivity index (χ3n) is 6.26.